The van der Waals surface area contributed by atoms with Crippen LogP contribution in [-0.4, -0.2) is 19.1 Å². The Morgan fingerprint density at radius 2 is 1.93 bits per heavy atom. The number of halogens is 1. The highest BCUT2D eigenvalue weighted by atomic mass is 79.9. The van der Waals surface area contributed by atoms with E-state index >= 15 is 0 Å². The summed E-state index contributed by atoms with van der Waals surface area (Å²) in [5, 5.41) is 3.03. The van der Waals surface area contributed by atoms with Crippen LogP contribution in [0.2, 0.25) is 0 Å². The third kappa shape index (κ3) is 4.32. The molecule has 6 heteroatoms. The minimum absolute atomic E-state index is 0.172. The summed E-state index contributed by atoms with van der Waals surface area (Å²) < 4.78 is 17.8. The molecule has 1 heterocycles. The molecule has 0 radical (unpaired) electrons. The number of nitrogens with one attached hydrogen (secondary N) is 1. The number of rotatable bonds is 6. The lowest BCUT2D eigenvalue weighted by Crippen LogP contribution is -2.27. The number of furan rings is 1. The highest BCUT2D eigenvalue weighted by Gasteiger charge is 2.23. The molecular weight excluding hydrogens is 410 g/mol. The van der Waals surface area contributed by atoms with Crippen LogP contribution in [0, 0.1) is 13.8 Å². The predicted molar refractivity (Wildman–Crippen MR) is 108 cm³/mol. The number of carbonyl (C=O) groups is 1. The van der Waals surface area contributed by atoms with Gasteiger partial charge in [-0.1, -0.05) is 6.07 Å². The first-order chi connectivity index (χ1) is 12.9. The molecule has 1 amide bonds. The molecule has 27 heavy (non-hydrogen) atoms. The van der Waals surface area contributed by atoms with E-state index in [9.17, 15) is 4.79 Å². The summed E-state index contributed by atoms with van der Waals surface area (Å²) in [7, 11) is 1.64. The fraction of sp³-hybridized carbons (Fsp3) is 0.476. The maximum Gasteiger partial charge on any atom is 0.256 e. The van der Waals surface area contributed by atoms with Crippen LogP contribution < -0.4 is 14.8 Å². The van der Waals surface area contributed by atoms with Gasteiger partial charge in [0.2, 0.25) is 0 Å². The van der Waals surface area contributed by atoms with Crippen molar-refractivity contribution in [3.63, 3.8) is 0 Å². The summed E-state index contributed by atoms with van der Waals surface area (Å²) >= 11 is 3.43. The average Bonchev–Trinajstić information content (AvgIpc) is 3.23. The fourth-order valence-electron chi connectivity index (χ4n) is 3.50. The largest absolute Gasteiger partial charge is 0.493 e. The first-order valence-corrected chi connectivity index (χ1v) is 10.1. The van der Waals surface area contributed by atoms with Crippen molar-refractivity contribution in [3.05, 3.63) is 45.3 Å². The molecule has 1 aromatic carbocycles. The third-order valence-corrected chi connectivity index (χ3v) is 6.00. The molecule has 0 aliphatic heterocycles. The molecule has 1 N–H and O–H groups in total. The van der Waals surface area contributed by atoms with Crippen LogP contribution in [-0.2, 0) is 0 Å². The van der Waals surface area contributed by atoms with Crippen molar-refractivity contribution < 1.29 is 18.7 Å². The highest BCUT2D eigenvalue weighted by Crippen LogP contribution is 2.34. The molecule has 146 valence electrons. The second-order valence-electron chi connectivity index (χ2n) is 7.03. The van der Waals surface area contributed by atoms with Crippen molar-refractivity contribution in [1.29, 1.82) is 0 Å². The van der Waals surface area contributed by atoms with Gasteiger partial charge in [-0.3, -0.25) is 4.79 Å². The van der Waals surface area contributed by atoms with E-state index in [-0.39, 0.29) is 18.1 Å². The van der Waals surface area contributed by atoms with Crippen molar-refractivity contribution >= 4 is 21.8 Å². The minimum Gasteiger partial charge on any atom is -0.493 e. The van der Waals surface area contributed by atoms with E-state index in [1.807, 2.05) is 32.0 Å². The molecule has 1 saturated carbocycles. The van der Waals surface area contributed by atoms with E-state index in [0.29, 0.717) is 27.3 Å². The lowest BCUT2D eigenvalue weighted by Gasteiger charge is -2.19. The number of ether oxygens (including phenoxy) is 2. The van der Waals surface area contributed by atoms with Gasteiger partial charge < -0.3 is 19.2 Å². The number of amides is 1. The Morgan fingerprint density at radius 3 is 2.52 bits per heavy atom. The maximum absolute atomic E-state index is 12.7. The van der Waals surface area contributed by atoms with Crippen molar-refractivity contribution in [3.8, 4) is 11.5 Å². The summed E-state index contributed by atoms with van der Waals surface area (Å²) in [4.78, 5) is 12.7. The monoisotopic (exact) mass is 435 g/mol. The van der Waals surface area contributed by atoms with Crippen molar-refractivity contribution in [2.45, 2.75) is 58.6 Å². The average molecular weight is 436 g/mol. The SMILES string of the molecule is COc1cc(C(C)NC(=O)c2c(C)oc(C)c2Br)ccc1OC1CCCC1. The lowest BCUT2D eigenvalue weighted by atomic mass is 10.1. The number of benzene rings is 1. The summed E-state index contributed by atoms with van der Waals surface area (Å²) in [5.41, 5.74) is 1.49. The Hall–Kier alpha value is -1.95. The Morgan fingerprint density at radius 1 is 1.22 bits per heavy atom. The van der Waals surface area contributed by atoms with E-state index in [2.05, 4.69) is 21.2 Å². The van der Waals surface area contributed by atoms with Crippen LogP contribution >= 0.6 is 15.9 Å². The van der Waals surface area contributed by atoms with E-state index in [4.69, 9.17) is 13.9 Å². The molecule has 0 bridgehead atoms. The molecular formula is C21H26BrNO4. The van der Waals surface area contributed by atoms with Crippen molar-refractivity contribution in [2.24, 2.45) is 0 Å². The van der Waals surface area contributed by atoms with Gasteiger partial charge >= 0.3 is 0 Å². The Kier molecular flexibility index (Phi) is 6.15. The van der Waals surface area contributed by atoms with Crippen LogP contribution in [0.25, 0.3) is 0 Å². The van der Waals surface area contributed by atoms with Crippen LogP contribution in [0.4, 0.5) is 0 Å². The van der Waals surface area contributed by atoms with E-state index in [0.717, 1.165) is 24.2 Å². The first-order valence-electron chi connectivity index (χ1n) is 9.31. The Labute approximate surface area is 168 Å². The highest BCUT2D eigenvalue weighted by molar-refractivity contribution is 9.10. The molecule has 0 spiro atoms. The van der Waals surface area contributed by atoms with Crippen LogP contribution in [0.15, 0.2) is 27.1 Å². The molecule has 3 rings (SSSR count). The summed E-state index contributed by atoms with van der Waals surface area (Å²) in [6.45, 7) is 5.56. The van der Waals surface area contributed by atoms with Gasteiger partial charge in [0.05, 0.1) is 29.3 Å². The number of carbonyl (C=O) groups excluding carboxylic acids is 1. The Balaban J connectivity index is 1.74. The van der Waals surface area contributed by atoms with E-state index in [1.54, 1.807) is 14.0 Å². The predicted octanol–water partition coefficient (Wildman–Crippen LogP) is 5.48. The zero-order chi connectivity index (χ0) is 19.6. The molecule has 1 fully saturated rings. The van der Waals surface area contributed by atoms with E-state index < -0.39 is 0 Å². The number of hydrogen-bond acceptors (Lipinski definition) is 4. The molecule has 0 saturated heterocycles. The normalized spacial score (nSPS) is 15.6. The molecule has 1 aliphatic rings. The van der Waals surface area contributed by atoms with Crippen LogP contribution in [0.1, 0.15) is 66.1 Å². The van der Waals surface area contributed by atoms with Gasteiger partial charge in [0.15, 0.2) is 11.5 Å². The smallest absolute Gasteiger partial charge is 0.256 e. The standard InChI is InChI=1S/C21H26BrNO4/c1-12(23-21(24)19-13(2)26-14(3)20(19)22)15-9-10-17(18(11-15)25-4)27-16-7-5-6-8-16/h9-12,16H,5-8H2,1-4H3,(H,23,24). The van der Waals surface area contributed by atoms with Gasteiger partial charge in [0, 0.05) is 0 Å². The number of hydrogen-bond donors (Lipinski definition) is 1. The summed E-state index contributed by atoms with van der Waals surface area (Å²) in [6.07, 6.45) is 4.89. The number of aryl methyl sites for hydroxylation is 2. The molecule has 1 unspecified atom stereocenters. The van der Waals surface area contributed by atoms with Crippen LogP contribution in [0.3, 0.4) is 0 Å². The zero-order valence-corrected chi connectivity index (χ0v) is 17.8. The maximum atomic E-state index is 12.7. The second kappa shape index (κ2) is 8.38. The molecule has 2 aromatic rings. The topological polar surface area (TPSA) is 60.7 Å². The van der Waals surface area contributed by atoms with E-state index in [1.165, 1.54) is 12.8 Å². The van der Waals surface area contributed by atoms with Crippen molar-refractivity contribution in [1.82, 2.24) is 5.32 Å². The van der Waals surface area contributed by atoms with Gasteiger partial charge in [-0.2, -0.15) is 0 Å². The quantitative estimate of drug-likeness (QED) is 0.652. The van der Waals surface area contributed by atoms with Gasteiger partial charge in [0.1, 0.15) is 11.5 Å². The van der Waals surface area contributed by atoms with Gasteiger partial charge in [-0.05, 0) is 80.1 Å². The molecule has 1 aliphatic carbocycles. The van der Waals surface area contributed by atoms with Crippen molar-refractivity contribution in [2.75, 3.05) is 7.11 Å². The fourth-order valence-corrected chi connectivity index (χ4v) is 4.04. The summed E-state index contributed by atoms with van der Waals surface area (Å²) in [5.74, 6) is 2.57. The van der Waals surface area contributed by atoms with Gasteiger partial charge in [0.25, 0.3) is 5.91 Å². The molecule has 1 aromatic heterocycles. The van der Waals surface area contributed by atoms with Gasteiger partial charge in [-0.25, -0.2) is 0 Å². The minimum atomic E-state index is -0.187. The van der Waals surface area contributed by atoms with Crippen LogP contribution in [0.5, 0.6) is 11.5 Å². The second-order valence-corrected chi connectivity index (χ2v) is 7.83. The molecule has 5 nitrogen and oxygen atoms in total. The van der Waals surface area contributed by atoms with Gasteiger partial charge in [-0.15, -0.1) is 0 Å². The zero-order valence-electron chi connectivity index (χ0n) is 16.2. The number of methoxy groups -OCH3 is 1. The lowest BCUT2D eigenvalue weighted by molar-refractivity contribution is 0.0937. The first kappa shape index (κ1) is 19.8. The Bertz CT molecular complexity index is 824. The third-order valence-electron chi connectivity index (χ3n) is 5.05. The summed E-state index contributed by atoms with van der Waals surface area (Å²) in [6, 6.07) is 5.64. The molecule has 1 atom stereocenters.